The van der Waals surface area contributed by atoms with Gasteiger partial charge in [-0.1, -0.05) is 0 Å². The Morgan fingerprint density at radius 2 is 2.16 bits per heavy atom. The lowest BCUT2D eigenvalue weighted by Crippen LogP contribution is -2.72. The van der Waals surface area contributed by atoms with Crippen molar-refractivity contribution in [2.24, 2.45) is 11.8 Å². The van der Waals surface area contributed by atoms with Crippen LogP contribution in [0.1, 0.15) is 43.2 Å². The number of benzene rings is 1. The Balaban J connectivity index is 1.56. The summed E-state index contributed by atoms with van der Waals surface area (Å²) in [6.45, 7) is 2.41. The van der Waals surface area contributed by atoms with Gasteiger partial charge in [0.05, 0.1) is 31.6 Å². The lowest BCUT2D eigenvalue weighted by Gasteiger charge is -2.60. The maximum Gasteiger partial charge on any atom is 0.174 e. The van der Waals surface area contributed by atoms with Crippen molar-refractivity contribution in [1.29, 1.82) is 0 Å². The minimum absolute atomic E-state index is 0.164. The molecule has 1 aromatic carbocycles. The molecule has 25 heavy (non-hydrogen) atoms. The standard InChI is InChI=1S/C21H25NO3/c1-22(11-12-2-3-12)9-8-21-14-4-5-17(24)20(21)25-18-7-6-16(23)13(19(18)21)10-15(14)22/h6-7,12,14-15,20H,2-5,8-11H2,1H3/p+1/t14-,15-,20?,21+,22+/m0/s1. The topological polar surface area (TPSA) is 46.5 Å². The van der Waals surface area contributed by atoms with Gasteiger partial charge in [-0.15, -0.1) is 0 Å². The van der Waals surface area contributed by atoms with Gasteiger partial charge in [-0.2, -0.15) is 0 Å². The number of carbonyl (C=O) groups excluding carboxylic acids is 1. The van der Waals surface area contributed by atoms with Crippen LogP contribution in [0.3, 0.4) is 0 Å². The van der Waals surface area contributed by atoms with Gasteiger partial charge in [0, 0.05) is 42.2 Å². The van der Waals surface area contributed by atoms with Gasteiger partial charge in [0.25, 0.3) is 0 Å². The quantitative estimate of drug-likeness (QED) is 0.842. The van der Waals surface area contributed by atoms with E-state index in [4.69, 9.17) is 4.74 Å². The van der Waals surface area contributed by atoms with E-state index in [1.807, 2.05) is 6.07 Å². The smallest absolute Gasteiger partial charge is 0.174 e. The van der Waals surface area contributed by atoms with Gasteiger partial charge in [-0.05, 0) is 31.4 Å². The number of Topliss-reactive ketones (excluding diaryl/α,β-unsaturated/α-hetero) is 1. The lowest BCUT2D eigenvalue weighted by atomic mass is 9.51. The van der Waals surface area contributed by atoms with Gasteiger partial charge in [-0.25, -0.2) is 0 Å². The number of likely N-dealkylation sites (N-methyl/N-ethyl adjacent to an activating group) is 1. The van der Waals surface area contributed by atoms with E-state index in [2.05, 4.69) is 7.05 Å². The van der Waals surface area contributed by atoms with Crippen molar-refractivity contribution in [3.63, 3.8) is 0 Å². The average Bonchev–Trinajstić information content (AvgIpc) is 3.32. The number of phenolic OH excluding ortho intramolecular Hbond substituents is 1. The summed E-state index contributed by atoms with van der Waals surface area (Å²) >= 11 is 0. The summed E-state index contributed by atoms with van der Waals surface area (Å²) in [7, 11) is 2.43. The van der Waals surface area contributed by atoms with Crippen LogP contribution in [0, 0.1) is 11.8 Å². The minimum Gasteiger partial charge on any atom is -0.508 e. The molecule has 1 aromatic rings. The zero-order chi connectivity index (χ0) is 17.0. The second-order valence-electron chi connectivity index (χ2n) is 9.44. The normalized spacial score (nSPS) is 43.6. The van der Waals surface area contributed by atoms with E-state index in [0.29, 0.717) is 24.1 Å². The number of hydrogen-bond acceptors (Lipinski definition) is 3. The molecule has 2 saturated carbocycles. The third kappa shape index (κ3) is 1.65. The number of carbonyl (C=O) groups is 1. The van der Waals surface area contributed by atoms with Gasteiger partial charge < -0.3 is 14.3 Å². The summed E-state index contributed by atoms with van der Waals surface area (Å²) < 4.78 is 7.37. The predicted octanol–water partition coefficient (Wildman–Crippen LogP) is 2.56. The second-order valence-corrected chi connectivity index (χ2v) is 9.44. The highest BCUT2D eigenvalue weighted by Crippen LogP contribution is 2.63. The van der Waals surface area contributed by atoms with Gasteiger partial charge in [0.2, 0.25) is 0 Å². The maximum absolute atomic E-state index is 12.8. The average molecular weight is 340 g/mol. The fraction of sp³-hybridized carbons (Fsp3) is 0.667. The van der Waals surface area contributed by atoms with Crippen molar-refractivity contribution in [3.05, 3.63) is 23.3 Å². The zero-order valence-corrected chi connectivity index (χ0v) is 14.8. The highest BCUT2D eigenvalue weighted by molar-refractivity contribution is 5.88. The van der Waals surface area contributed by atoms with Gasteiger partial charge in [0.15, 0.2) is 11.9 Å². The van der Waals surface area contributed by atoms with Gasteiger partial charge in [0.1, 0.15) is 11.5 Å². The van der Waals surface area contributed by atoms with Crippen molar-refractivity contribution < 1.29 is 19.1 Å². The van der Waals surface area contributed by atoms with E-state index < -0.39 is 0 Å². The number of likely N-dealkylation sites (tertiary alicyclic amines) is 1. The number of hydrogen-bond donors (Lipinski definition) is 1. The van der Waals surface area contributed by atoms with Crippen LogP contribution in [0.2, 0.25) is 0 Å². The second kappa shape index (κ2) is 4.40. The fourth-order valence-corrected chi connectivity index (χ4v) is 6.92. The van der Waals surface area contributed by atoms with Crippen LogP contribution < -0.4 is 4.74 Å². The summed E-state index contributed by atoms with van der Waals surface area (Å²) in [4.78, 5) is 12.8. The number of piperidine rings is 1. The molecule has 1 unspecified atom stereocenters. The maximum atomic E-state index is 12.8. The zero-order valence-electron chi connectivity index (χ0n) is 14.8. The van der Waals surface area contributed by atoms with Crippen molar-refractivity contribution in [2.45, 2.75) is 56.1 Å². The molecule has 6 rings (SSSR count). The first kappa shape index (κ1) is 14.6. The molecule has 1 spiro atoms. The molecule has 5 atom stereocenters. The number of quaternary nitrogens is 1. The molecule has 2 bridgehead atoms. The molecule has 3 fully saturated rings. The van der Waals surface area contributed by atoms with E-state index in [1.54, 1.807) is 6.07 Å². The summed E-state index contributed by atoms with van der Waals surface area (Å²) in [6, 6.07) is 4.17. The predicted molar refractivity (Wildman–Crippen MR) is 92.7 cm³/mol. The summed E-state index contributed by atoms with van der Waals surface area (Å²) in [6.07, 6.45) is 6.08. The van der Waals surface area contributed by atoms with Gasteiger partial charge >= 0.3 is 0 Å². The number of ether oxygens (including phenoxy) is 1. The van der Waals surface area contributed by atoms with Crippen molar-refractivity contribution in [2.75, 3.05) is 20.1 Å². The van der Waals surface area contributed by atoms with Crippen LogP contribution in [-0.4, -0.2) is 47.7 Å². The molecule has 2 aliphatic heterocycles. The monoisotopic (exact) mass is 340 g/mol. The van der Waals surface area contributed by atoms with E-state index in [9.17, 15) is 9.90 Å². The SMILES string of the molecule is C[N@+]1(CC2CC2)CC[C@]23c4c5ccc(O)c4C[C@H]1[C@@H]2CCC(=O)C3O5. The van der Waals surface area contributed by atoms with Crippen molar-refractivity contribution in [1.82, 2.24) is 0 Å². The summed E-state index contributed by atoms with van der Waals surface area (Å²) in [5.41, 5.74) is 2.11. The number of nitrogens with zero attached hydrogens (tertiary/aromatic N) is 1. The molecule has 0 radical (unpaired) electrons. The van der Waals surface area contributed by atoms with E-state index in [-0.39, 0.29) is 17.3 Å². The minimum atomic E-state index is -0.306. The Kier molecular flexibility index (Phi) is 2.57. The van der Waals surface area contributed by atoms with Crippen LogP contribution in [0.15, 0.2) is 12.1 Å². The number of rotatable bonds is 2. The van der Waals surface area contributed by atoms with Crippen LogP contribution in [0.5, 0.6) is 11.5 Å². The number of phenols is 1. The van der Waals surface area contributed by atoms with E-state index >= 15 is 0 Å². The highest BCUT2D eigenvalue weighted by Gasteiger charge is 2.69. The molecule has 4 heteroatoms. The Morgan fingerprint density at radius 1 is 1.32 bits per heavy atom. The first-order valence-corrected chi connectivity index (χ1v) is 9.92. The Labute approximate surface area is 148 Å². The highest BCUT2D eigenvalue weighted by atomic mass is 16.5. The van der Waals surface area contributed by atoms with E-state index in [1.165, 1.54) is 24.9 Å². The Morgan fingerprint density at radius 3 is 2.96 bits per heavy atom. The van der Waals surface area contributed by atoms with Crippen molar-refractivity contribution >= 4 is 5.78 Å². The summed E-state index contributed by atoms with van der Waals surface area (Å²) in [5, 5.41) is 10.6. The number of ketones is 1. The summed E-state index contributed by atoms with van der Waals surface area (Å²) in [5.74, 6) is 2.96. The third-order valence-corrected chi connectivity index (χ3v) is 8.17. The number of aromatic hydroxyl groups is 1. The molecule has 0 aromatic heterocycles. The first-order valence-electron chi connectivity index (χ1n) is 9.92. The molecule has 132 valence electrons. The molecule has 5 aliphatic rings. The van der Waals surface area contributed by atoms with Crippen LogP contribution in [-0.2, 0) is 16.6 Å². The van der Waals surface area contributed by atoms with Crippen LogP contribution in [0.25, 0.3) is 0 Å². The van der Waals surface area contributed by atoms with Crippen molar-refractivity contribution in [3.8, 4) is 11.5 Å². The molecule has 0 amide bonds. The molecular weight excluding hydrogens is 314 g/mol. The Bertz CT molecular complexity index is 801. The molecule has 4 nitrogen and oxygen atoms in total. The van der Waals surface area contributed by atoms with Crippen LogP contribution in [0.4, 0.5) is 0 Å². The molecular formula is C21H26NO3+. The first-order chi connectivity index (χ1) is 12.0. The molecule has 1 saturated heterocycles. The van der Waals surface area contributed by atoms with Crippen LogP contribution >= 0.6 is 0 Å². The molecule has 2 heterocycles. The Hall–Kier alpha value is -1.55. The third-order valence-electron chi connectivity index (χ3n) is 8.17. The molecule has 3 aliphatic carbocycles. The lowest BCUT2D eigenvalue weighted by molar-refractivity contribution is -0.946. The fourth-order valence-electron chi connectivity index (χ4n) is 6.92. The van der Waals surface area contributed by atoms with E-state index in [0.717, 1.165) is 47.5 Å². The largest absolute Gasteiger partial charge is 0.508 e. The molecule has 1 N–H and O–H groups in total. The van der Waals surface area contributed by atoms with Gasteiger partial charge in [-0.3, -0.25) is 4.79 Å².